The van der Waals surface area contributed by atoms with Gasteiger partial charge in [-0.3, -0.25) is 25.0 Å². The lowest BCUT2D eigenvalue weighted by atomic mass is 9.66. The number of carbonyl (C=O) groups excluding carboxylic acids is 4. The number of hydrogen-bond acceptors (Lipinski definition) is 9. The Bertz CT molecular complexity index is 1330. The standard InChI is InChI=1S/C24H27FN6O6/c1-11-10-31-17-14(9-24(19(31)12(2)36-11)21(33)26-23(35)27-22(24)34)8-15-18(16(17)25)37-28-20(15)30-6-4-29(5-7-30)13(3)32/h8,11-12,19H,4-7,9-10H2,1-3H3,(H2,26,27,33,34,35)/t11-,12+,19-/m0/s1. The van der Waals surface area contributed by atoms with E-state index in [4.69, 9.17) is 9.26 Å². The fourth-order valence-corrected chi connectivity index (χ4v) is 6.40. The molecule has 196 valence electrons. The molecule has 4 aliphatic heterocycles. The van der Waals surface area contributed by atoms with E-state index >= 15 is 4.39 Å². The van der Waals surface area contributed by atoms with Gasteiger partial charge >= 0.3 is 6.03 Å². The van der Waals surface area contributed by atoms with Gasteiger partial charge in [0.15, 0.2) is 17.1 Å². The van der Waals surface area contributed by atoms with E-state index in [2.05, 4.69) is 15.8 Å². The summed E-state index contributed by atoms with van der Waals surface area (Å²) in [7, 11) is 0. The Morgan fingerprint density at radius 2 is 1.81 bits per heavy atom. The minimum absolute atomic E-state index is 0.0129. The van der Waals surface area contributed by atoms with Gasteiger partial charge in [0.25, 0.3) is 0 Å². The minimum atomic E-state index is -1.70. The number of imide groups is 2. The average Bonchev–Trinajstić information content (AvgIpc) is 3.26. The Morgan fingerprint density at radius 1 is 1.14 bits per heavy atom. The van der Waals surface area contributed by atoms with E-state index in [1.807, 2.05) is 11.8 Å². The van der Waals surface area contributed by atoms with Crippen LogP contribution < -0.4 is 20.4 Å². The van der Waals surface area contributed by atoms with Gasteiger partial charge in [-0.1, -0.05) is 5.16 Å². The van der Waals surface area contributed by atoms with Crippen LogP contribution in [0.5, 0.6) is 0 Å². The maximum absolute atomic E-state index is 16.2. The van der Waals surface area contributed by atoms with Crippen molar-refractivity contribution in [1.82, 2.24) is 20.7 Å². The van der Waals surface area contributed by atoms with Crippen LogP contribution in [0.25, 0.3) is 11.0 Å². The molecule has 0 aliphatic carbocycles. The summed E-state index contributed by atoms with van der Waals surface area (Å²) in [6.45, 7) is 7.32. The maximum atomic E-state index is 16.2. The smallest absolute Gasteiger partial charge is 0.328 e. The lowest BCUT2D eigenvalue weighted by Gasteiger charge is -2.55. The fourth-order valence-electron chi connectivity index (χ4n) is 6.40. The molecule has 5 heterocycles. The first-order chi connectivity index (χ1) is 17.6. The summed E-state index contributed by atoms with van der Waals surface area (Å²) in [4.78, 5) is 55.7. The third-order valence-corrected chi connectivity index (χ3v) is 7.97. The van der Waals surface area contributed by atoms with Crippen molar-refractivity contribution >= 4 is 46.2 Å². The second kappa shape index (κ2) is 8.13. The number of carbonyl (C=O) groups is 4. The molecule has 0 unspecified atom stereocenters. The largest absolute Gasteiger partial charge is 0.372 e. The van der Waals surface area contributed by atoms with Gasteiger partial charge in [-0.15, -0.1) is 0 Å². The Balaban J connectivity index is 1.49. The number of barbiturate groups is 1. The van der Waals surface area contributed by atoms with Gasteiger partial charge in [-0.05, 0) is 25.5 Å². The van der Waals surface area contributed by atoms with Crippen molar-refractivity contribution in [3.8, 4) is 0 Å². The number of anilines is 2. The number of urea groups is 1. The molecule has 1 aromatic carbocycles. The number of ether oxygens (including phenoxy) is 1. The second-order valence-corrected chi connectivity index (χ2v) is 10.2. The first kappa shape index (κ1) is 23.6. The predicted molar refractivity (Wildman–Crippen MR) is 127 cm³/mol. The number of amides is 5. The van der Waals surface area contributed by atoms with E-state index in [9.17, 15) is 19.2 Å². The topological polar surface area (TPSA) is 137 Å². The van der Waals surface area contributed by atoms with Gasteiger partial charge in [0, 0.05) is 46.1 Å². The Labute approximate surface area is 211 Å². The van der Waals surface area contributed by atoms with Crippen molar-refractivity contribution < 1.29 is 32.8 Å². The van der Waals surface area contributed by atoms with E-state index in [1.54, 1.807) is 22.8 Å². The quantitative estimate of drug-likeness (QED) is 0.522. The number of halogens is 1. The zero-order valence-electron chi connectivity index (χ0n) is 20.7. The van der Waals surface area contributed by atoms with Crippen LogP contribution in [0.15, 0.2) is 10.6 Å². The van der Waals surface area contributed by atoms with Crippen LogP contribution in [0.3, 0.4) is 0 Å². The molecule has 13 heteroatoms. The summed E-state index contributed by atoms with van der Waals surface area (Å²) in [6, 6.07) is -0.0156. The Morgan fingerprint density at radius 3 is 2.46 bits per heavy atom. The highest BCUT2D eigenvalue weighted by Gasteiger charge is 2.63. The number of benzene rings is 1. The van der Waals surface area contributed by atoms with Crippen LogP contribution in [0.2, 0.25) is 0 Å². The van der Waals surface area contributed by atoms with Gasteiger partial charge in [0.2, 0.25) is 23.3 Å². The third kappa shape index (κ3) is 3.32. The van der Waals surface area contributed by atoms with E-state index in [-0.39, 0.29) is 36.2 Å². The molecule has 1 aromatic heterocycles. The van der Waals surface area contributed by atoms with E-state index in [0.717, 1.165) is 0 Å². The van der Waals surface area contributed by atoms with Crippen molar-refractivity contribution in [3.63, 3.8) is 0 Å². The number of nitrogens with zero attached hydrogens (tertiary/aromatic N) is 4. The van der Waals surface area contributed by atoms with Gasteiger partial charge in [-0.25, -0.2) is 9.18 Å². The Hall–Kier alpha value is -3.74. The lowest BCUT2D eigenvalue weighted by molar-refractivity contribution is -0.153. The van der Waals surface area contributed by atoms with Crippen molar-refractivity contribution in [2.24, 2.45) is 5.41 Å². The molecular weight excluding hydrogens is 487 g/mol. The molecule has 2 aromatic rings. The van der Waals surface area contributed by atoms with Gasteiger partial charge < -0.3 is 24.0 Å². The van der Waals surface area contributed by atoms with Gasteiger partial charge in [0.1, 0.15) is 0 Å². The molecule has 4 aliphatic rings. The predicted octanol–water partition coefficient (Wildman–Crippen LogP) is 0.526. The highest BCUT2D eigenvalue weighted by atomic mass is 19.1. The first-order valence-electron chi connectivity index (χ1n) is 12.3. The lowest BCUT2D eigenvalue weighted by Crippen LogP contribution is -2.75. The molecule has 0 saturated carbocycles. The molecule has 5 amide bonds. The summed E-state index contributed by atoms with van der Waals surface area (Å²) in [6.07, 6.45) is -1.05. The summed E-state index contributed by atoms with van der Waals surface area (Å²) in [5, 5.41) is 9.04. The van der Waals surface area contributed by atoms with Crippen molar-refractivity contribution in [2.45, 2.75) is 45.4 Å². The number of morpholine rings is 1. The Kier molecular flexibility index (Phi) is 5.20. The van der Waals surface area contributed by atoms with Crippen molar-refractivity contribution in [2.75, 3.05) is 42.5 Å². The van der Waals surface area contributed by atoms with Crippen LogP contribution in [-0.2, 0) is 25.5 Å². The van der Waals surface area contributed by atoms with E-state index in [1.165, 1.54) is 6.92 Å². The van der Waals surface area contributed by atoms with E-state index in [0.29, 0.717) is 42.9 Å². The normalized spacial score (nSPS) is 27.2. The molecule has 3 saturated heterocycles. The molecule has 3 fully saturated rings. The van der Waals surface area contributed by atoms with Gasteiger partial charge in [-0.2, -0.15) is 0 Å². The highest BCUT2D eigenvalue weighted by Crippen LogP contribution is 2.49. The number of piperazine rings is 1. The molecule has 3 atom stereocenters. The molecule has 1 spiro atoms. The molecule has 6 rings (SSSR count). The summed E-state index contributed by atoms with van der Waals surface area (Å²) in [5.74, 6) is -1.67. The molecule has 37 heavy (non-hydrogen) atoms. The first-order valence-corrected chi connectivity index (χ1v) is 12.3. The van der Waals surface area contributed by atoms with Crippen molar-refractivity contribution in [3.05, 3.63) is 17.4 Å². The van der Waals surface area contributed by atoms with Crippen LogP contribution in [0.1, 0.15) is 26.3 Å². The zero-order valence-corrected chi connectivity index (χ0v) is 20.7. The molecular formula is C24H27FN6O6. The number of fused-ring (bicyclic) bond motifs is 5. The summed E-state index contributed by atoms with van der Waals surface area (Å²) in [5.41, 5.74) is -1.04. The number of rotatable bonds is 1. The maximum Gasteiger partial charge on any atom is 0.328 e. The van der Waals surface area contributed by atoms with E-state index < -0.39 is 41.2 Å². The minimum Gasteiger partial charge on any atom is -0.372 e. The molecule has 2 N–H and O–H groups in total. The fraction of sp³-hybridized carbons (Fsp3) is 0.542. The third-order valence-electron chi connectivity index (χ3n) is 7.97. The molecule has 0 bridgehead atoms. The van der Waals surface area contributed by atoms with Crippen LogP contribution in [-0.4, -0.2) is 84.8 Å². The monoisotopic (exact) mass is 514 g/mol. The SMILES string of the molecule is CC(=O)N1CCN(c2noc3c(F)c4c(cc23)CC2(C(=O)NC(=O)NC2=O)[C@@H]2[C@@H](C)O[C@@H](C)CN42)CC1. The number of nitrogens with one attached hydrogen (secondary N) is 2. The highest BCUT2D eigenvalue weighted by molar-refractivity contribution is 6.20. The van der Waals surface area contributed by atoms with Gasteiger partial charge in [0.05, 0.1) is 29.3 Å². The second-order valence-electron chi connectivity index (χ2n) is 10.2. The number of aromatic nitrogens is 1. The zero-order chi connectivity index (χ0) is 26.2. The average molecular weight is 515 g/mol. The van der Waals surface area contributed by atoms with Crippen LogP contribution in [0.4, 0.5) is 20.7 Å². The number of hydrogen-bond donors (Lipinski definition) is 2. The molecule has 0 radical (unpaired) electrons. The van der Waals surface area contributed by atoms with Crippen LogP contribution in [0, 0.1) is 11.2 Å². The van der Waals surface area contributed by atoms with Crippen molar-refractivity contribution in [1.29, 1.82) is 0 Å². The summed E-state index contributed by atoms with van der Waals surface area (Å²) < 4.78 is 27.7. The molecule has 12 nitrogen and oxygen atoms in total. The van der Waals surface area contributed by atoms with Crippen LogP contribution >= 0.6 is 0 Å². The summed E-state index contributed by atoms with van der Waals surface area (Å²) >= 11 is 0.